The summed E-state index contributed by atoms with van der Waals surface area (Å²) >= 11 is 0. The summed E-state index contributed by atoms with van der Waals surface area (Å²) in [6.07, 6.45) is 0. The number of hydrogen-bond donors (Lipinski definition) is 2. The zero-order valence-electron chi connectivity index (χ0n) is 10.7. The Balaban J connectivity index is 2.46. The van der Waals surface area contributed by atoms with E-state index in [1.165, 1.54) is 18.2 Å². The third kappa shape index (κ3) is 2.74. The van der Waals surface area contributed by atoms with E-state index in [9.17, 15) is 14.9 Å². The number of carboxylic acid groups (broad SMARTS) is 1. The van der Waals surface area contributed by atoms with E-state index in [1.807, 2.05) is 19.1 Å². The third-order valence-corrected chi connectivity index (χ3v) is 2.78. The van der Waals surface area contributed by atoms with E-state index in [-0.39, 0.29) is 11.3 Å². The summed E-state index contributed by atoms with van der Waals surface area (Å²) in [6.45, 7) is 1.93. The van der Waals surface area contributed by atoms with Gasteiger partial charge < -0.3 is 10.4 Å². The maximum absolute atomic E-state index is 11.1. The van der Waals surface area contributed by atoms with Crippen LogP contribution in [0.2, 0.25) is 0 Å². The lowest BCUT2D eigenvalue weighted by molar-refractivity contribution is -0.384. The van der Waals surface area contributed by atoms with Gasteiger partial charge in [0, 0.05) is 5.69 Å². The van der Waals surface area contributed by atoms with Crippen molar-refractivity contribution in [3.63, 3.8) is 0 Å². The van der Waals surface area contributed by atoms with Gasteiger partial charge in [-0.3, -0.25) is 10.1 Å². The van der Waals surface area contributed by atoms with E-state index in [0.29, 0.717) is 5.69 Å². The minimum atomic E-state index is -1.33. The Labute approximate surface area is 114 Å². The average Bonchev–Trinajstić information content (AvgIpc) is 2.40. The van der Waals surface area contributed by atoms with Gasteiger partial charge in [-0.1, -0.05) is 23.8 Å². The molecule has 0 spiro atoms. The topological polar surface area (TPSA) is 92.5 Å². The Morgan fingerprint density at radius 2 is 1.85 bits per heavy atom. The molecule has 0 unspecified atom stereocenters. The second kappa shape index (κ2) is 5.40. The van der Waals surface area contributed by atoms with E-state index in [0.717, 1.165) is 5.56 Å². The molecule has 0 fully saturated rings. The molecule has 0 aliphatic rings. The Kier molecular flexibility index (Phi) is 3.65. The first kappa shape index (κ1) is 13.5. The number of aryl methyl sites for hydroxylation is 1. The van der Waals surface area contributed by atoms with Crippen molar-refractivity contribution >= 4 is 23.0 Å². The summed E-state index contributed by atoms with van der Waals surface area (Å²) < 4.78 is 0. The fourth-order valence-electron chi connectivity index (χ4n) is 1.81. The number of nitro groups is 1. The average molecular weight is 272 g/mol. The van der Waals surface area contributed by atoms with Gasteiger partial charge in [0.05, 0.1) is 4.92 Å². The number of para-hydroxylation sites is 1. The predicted molar refractivity (Wildman–Crippen MR) is 74.5 cm³/mol. The van der Waals surface area contributed by atoms with Gasteiger partial charge in [0.25, 0.3) is 0 Å². The number of hydrogen-bond acceptors (Lipinski definition) is 4. The van der Waals surface area contributed by atoms with Gasteiger partial charge in [-0.2, -0.15) is 0 Å². The number of aromatic carboxylic acids is 1. The molecule has 0 saturated carbocycles. The van der Waals surface area contributed by atoms with Crippen LogP contribution in [0.4, 0.5) is 17.1 Å². The highest BCUT2D eigenvalue weighted by Crippen LogP contribution is 2.31. The molecule has 102 valence electrons. The lowest BCUT2D eigenvalue weighted by Gasteiger charge is -2.08. The maximum atomic E-state index is 11.1. The lowest BCUT2D eigenvalue weighted by atomic mass is 10.1. The van der Waals surface area contributed by atoms with Crippen LogP contribution in [-0.2, 0) is 0 Å². The molecule has 20 heavy (non-hydrogen) atoms. The Hall–Kier alpha value is -2.89. The summed E-state index contributed by atoms with van der Waals surface area (Å²) in [5.74, 6) is -1.33. The quantitative estimate of drug-likeness (QED) is 0.657. The molecule has 0 heterocycles. The Morgan fingerprint density at radius 3 is 2.40 bits per heavy atom. The van der Waals surface area contributed by atoms with Crippen molar-refractivity contribution < 1.29 is 14.8 Å². The maximum Gasteiger partial charge on any atom is 0.342 e. The standard InChI is InChI=1S/C14H12N2O4/c1-9-5-7-10(8-6-9)15-12-4-2-3-11(14(17)18)13(12)16(19)20/h2-8,15H,1H3,(H,17,18). The minimum Gasteiger partial charge on any atom is -0.477 e. The van der Waals surface area contributed by atoms with Gasteiger partial charge in [0.2, 0.25) is 0 Å². The SMILES string of the molecule is Cc1ccc(Nc2cccc(C(=O)O)c2[N+](=O)[O-])cc1. The fourth-order valence-corrected chi connectivity index (χ4v) is 1.81. The molecule has 0 saturated heterocycles. The molecule has 0 aliphatic heterocycles. The zero-order valence-corrected chi connectivity index (χ0v) is 10.7. The molecular weight excluding hydrogens is 260 g/mol. The first-order valence-electron chi connectivity index (χ1n) is 5.83. The number of carboxylic acids is 1. The van der Waals surface area contributed by atoms with E-state index < -0.39 is 16.6 Å². The fraction of sp³-hybridized carbons (Fsp3) is 0.0714. The monoisotopic (exact) mass is 272 g/mol. The molecule has 2 rings (SSSR count). The highest BCUT2D eigenvalue weighted by Gasteiger charge is 2.24. The van der Waals surface area contributed by atoms with Crippen molar-refractivity contribution in [3.05, 3.63) is 63.7 Å². The normalized spacial score (nSPS) is 10.1. The molecule has 6 heteroatoms. The molecule has 0 aliphatic carbocycles. The highest BCUT2D eigenvalue weighted by molar-refractivity contribution is 5.96. The van der Waals surface area contributed by atoms with Crippen LogP contribution in [0.5, 0.6) is 0 Å². The van der Waals surface area contributed by atoms with E-state index in [1.54, 1.807) is 12.1 Å². The van der Waals surface area contributed by atoms with Gasteiger partial charge in [-0.25, -0.2) is 4.79 Å². The molecule has 2 aromatic rings. The predicted octanol–water partition coefficient (Wildman–Crippen LogP) is 3.35. The largest absolute Gasteiger partial charge is 0.477 e. The van der Waals surface area contributed by atoms with Crippen molar-refractivity contribution in [1.82, 2.24) is 0 Å². The van der Waals surface area contributed by atoms with Crippen LogP contribution >= 0.6 is 0 Å². The number of nitrogens with zero attached hydrogens (tertiary/aromatic N) is 1. The highest BCUT2D eigenvalue weighted by atomic mass is 16.6. The molecule has 2 aromatic carbocycles. The van der Waals surface area contributed by atoms with Gasteiger partial charge in [-0.15, -0.1) is 0 Å². The van der Waals surface area contributed by atoms with Crippen LogP contribution < -0.4 is 5.32 Å². The number of benzene rings is 2. The van der Waals surface area contributed by atoms with E-state index >= 15 is 0 Å². The number of rotatable bonds is 4. The van der Waals surface area contributed by atoms with E-state index in [2.05, 4.69) is 5.32 Å². The van der Waals surface area contributed by atoms with E-state index in [4.69, 9.17) is 5.11 Å². The molecule has 0 amide bonds. The minimum absolute atomic E-state index is 0.152. The molecular formula is C14H12N2O4. The molecule has 6 nitrogen and oxygen atoms in total. The van der Waals surface area contributed by atoms with Gasteiger partial charge in [0.15, 0.2) is 0 Å². The molecule has 2 N–H and O–H groups in total. The number of nitro benzene ring substituents is 1. The molecule has 0 atom stereocenters. The second-order valence-electron chi connectivity index (χ2n) is 4.26. The first-order chi connectivity index (χ1) is 9.49. The zero-order chi connectivity index (χ0) is 14.7. The molecule has 0 aromatic heterocycles. The van der Waals surface area contributed by atoms with Crippen LogP contribution in [0.1, 0.15) is 15.9 Å². The van der Waals surface area contributed by atoms with Crippen LogP contribution in [-0.4, -0.2) is 16.0 Å². The summed E-state index contributed by atoms with van der Waals surface area (Å²) in [7, 11) is 0. The van der Waals surface area contributed by atoms with Crippen molar-refractivity contribution in [2.75, 3.05) is 5.32 Å². The second-order valence-corrected chi connectivity index (χ2v) is 4.26. The molecule has 0 radical (unpaired) electrons. The van der Waals surface area contributed by atoms with Crippen LogP contribution in [0.3, 0.4) is 0 Å². The Morgan fingerprint density at radius 1 is 1.20 bits per heavy atom. The van der Waals surface area contributed by atoms with Crippen molar-refractivity contribution in [1.29, 1.82) is 0 Å². The Bertz CT molecular complexity index is 665. The van der Waals surface area contributed by atoms with Gasteiger partial charge >= 0.3 is 11.7 Å². The van der Waals surface area contributed by atoms with Crippen LogP contribution in [0.25, 0.3) is 0 Å². The first-order valence-corrected chi connectivity index (χ1v) is 5.83. The lowest BCUT2D eigenvalue weighted by Crippen LogP contribution is -2.05. The van der Waals surface area contributed by atoms with Crippen molar-refractivity contribution in [2.45, 2.75) is 6.92 Å². The van der Waals surface area contributed by atoms with Crippen LogP contribution in [0, 0.1) is 17.0 Å². The van der Waals surface area contributed by atoms with Crippen molar-refractivity contribution in [3.8, 4) is 0 Å². The summed E-state index contributed by atoms with van der Waals surface area (Å²) in [5, 5.41) is 23.0. The number of anilines is 2. The summed E-state index contributed by atoms with van der Waals surface area (Å²) in [5.41, 5.74) is 1.08. The van der Waals surface area contributed by atoms with Crippen LogP contribution in [0.15, 0.2) is 42.5 Å². The summed E-state index contributed by atoms with van der Waals surface area (Å²) in [4.78, 5) is 21.4. The number of nitrogens with one attached hydrogen (secondary N) is 1. The van der Waals surface area contributed by atoms with Crippen molar-refractivity contribution in [2.24, 2.45) is 0 Å². The van der Waals surface area contributed by atoms with Gasteiger partial charge in [0.1, 0.15) is 11.3 Å². The number of carbonyl (C=O) groups is 1. The third-order valence-electron chi connectivity index (χ3n) is 2.78. The smallest absolute Gasteiger partial charge is 0.342 e. The summed E-state index contributed by atoms with van der Waals surface area (Å²) in [6, 6.07) is 11.4. The van der Waals surface area contributed by atoms with Gasteiger partial charge in [-0.05, 0) is 31.2 Å². The molecule has 0 bridgehead atoms.